The molecule has 0 spiro atoms. The van der Waals surface area contributed by atoms with E-state index in [1.165, 1.54) is 0 Å². The third kappa shape index (κ3) is 1.53. The minimum absolute atomic E-state index is 0.0937. The molecular formula is C17H12N2O. The Labute approximate surface area is 116 Å². The Morgan fingerprint density at radius 2 is 1.85 bits per heavy atom. The van der Waals surface area contributed by atoms with Crippen molar-refractivity contribution in [3.63, 3.8) is 0 Å². The van der Waals surface area contributed by atoms with Gasteiger partial charge in [-0.3, -0.25) is 9.79 Å². The predicted molar refractivity (Wildman–Crippen MR) is 80.0 cm³/mol. The highest BCUT2D eigenvalue weighted by atomic mass is 16.1. The van der Waals surface area contributed by atoms with Crippen LogP contribution in [0.1, 0.15) is 21.8 Å². The number of para-hydroxylation sites is 2. The topological polar surface area (TPSA) is 45.2 Å². The molecule has 96 valence electrons. The number of nitrogens with zero attached hydrogens (tertiary/aromatic N) is 1. The standard InChI is InChI=1S/C17H12N2O/c20-17(13-9-18-15-7-3-1-5-11(13)15)14-10-19-16-8-4-2-6-12(14)16/h1-10,13,19H/t13-/m1/s1. The van der Waals surface area contributed by atoms with Gasteiger partial charge in [0.05, 0.1) is 11.6 Å². The quantitative estimate of drug-likeness (QED) is 0.699. The van der Waals surface area contributed by atoms with Crippen LogP contribution in [0, 0.1) is 0 Å². The van der Waals surface area contributed by atoms with Gasteiger partial charge in [-0.15, -0.1) is 0 Å². The number of carbonyl (C=O) groups is 1. The molecule has 0 amide bonds. The molecule has 3 heteroatoms. The van der Waals surface area contributed by atoms with Gasteiger partial charge >= 0.3 is 0 Å². The summed E-state index contributed by atoms with van der Waals surface area (Å²) in [6, 6.07) is 15.6. The van der Waals surface area contributed by atoms with Gasteiger partial charge in [0.15, 0.2) is 5.78 Å². The fourth-order valence-corrected chi connectivity index (χ4v) is 2.76. The first-order chi connectivity index (χ1) is 9.84. The SMILES string of the molecule is O=C(c1c[nH]c2ccccc12)[C@@H]1C=Nc2ccccc21. The van der Waals surface area contributed by atoms with Gasteiger partial charge in [0.2, 0.25) is 0 Å². The molecule has 1 aromatic heterocycles. The van der Waals surface area contributed by atoms with E-state index in [1.807, 2.05) is 48.5 Å². The molecule has 3 nitrogen and oxygen atoms in total. The molecule has 0 unspecified atom stereocenters. The van der Waals surface area contributed by atoms with E-state index in [2.05, 4.69) is 9.98 Å². The largest absolute Gasteiger partial charge is 0.360 e. The Morgan fingerprint density at radius 3 is 2.80 bits per heavy atom. The van der Waals surface area contributed by atoms with Crippen molar-refractivity contribution >= 4 is 28.6 Å². The molecule has 1 aliphatic rings. The van der Waals surface area contributed by atoms with Crippen molar-refractivity contribution < 1.29 is 4.79 Å². The monoisotopic (exact) mass is 260 g/mol. The first-order valence-electron chi connectivity index (χ1n) is 6.58. The van der Waals surface area contributed by atoms with Crippen LogP contribution in [-0.4, -0.2) is 17.0 Å². The fraction of sp³-hybridized carbons (Fsp3) is 0.0588. The Morgan fingerprint density at radius 1 is 1.05 bits per heavy atom. The molecule has 2 heterocycles. The van der Waals surface area contributed by atoms with Crippen LogP contribution >= 0.6 is 0 Å². The zero-order chi connectivity index (χ0) is 13.5. The molecule has 0 radical (unpaired) electrons. The summed E-state index contributed by atoms with van der Waals surface area (Å²) in [6.45, 7) is 0. The Balaban J connectivity index is 1.81. The van der Waals surface area contributed by atoms with E-state index in [9.17, 15) is 4.79 Å². The first-order valence-corrected chi connectivity index (χ1v) is 6.58. The Kier molecular flexibility index (Phi) is 2.33. The van der Waals surface area contributed by atoms with Gasteiger partial charge in [0.1, 0.15) is 0 Å². The van der Waals surface area contributed by atoms with Crippen molar-refractivity contribution in [2.75, 3.05) is 0 Å². The number of nitrogens with one attached hydrogen (secondary N) is 1. The number of ketones is 1. The van der Waals surface area contributed by atoms with Gasteiger partial charge in [-0.25, -0.2) is 0 Å². The van der Waals surface area contributed by atoms with E-state index in [1.54, 1.807) is 12.4 Å². The van der Waals surface area contributed by atoms with Crippen LogP contribution in [0.5, 0.6) is 0 Å². The molecule has 4 rings (SSSR count). The lowest BCUT2D eigenvalue weighted by Crippen LogP contribution is -2.11. The number of aromatic nitrogens is 1. The van der Waals surface area contributed by atoms with Gasteiger partial charge in [0, 0.05) is 28.9 Å². The molecular weight excluding hydrogens is 248 g/mol. The summed E-state index contributed by atoms with van der Waals surface area (Å²) < 4.78 is 0. The number of aromatic amines is 1. The number of rotatable bonds is 2. The van der Waals surface area contributed by atoms with Crippen molar-refractivity contribution in [2.45, 2.75) is 5.92 Å². The molecule has 2 aromatic carbocycles. The second kappa shape index (κ2) is 4.17. The molecule has 3 aromatic rings. The summed E-state index contributed by atoms with van der Waals surface area (Å²) >= 11 is 0. The summed E-state index contributed by atoms with van der Waals surface area (Å²) in [5, 5.41) is 0.968. The molecule has 1 aliphatic heterocycles. The molecule has 1 atom stereocenters. The van der Waals surface area contributed by atoms with Crippen LogP contribution in [0.2, 0.25) is 0 Å². The maximum absolute atomic E-state index is 12.8. The van der Waals surface area contributed by atoms with Crippen molar-refractivity contribution in [1.82, 2.24) is 4.98 Å². The highest BCUT2D eigenvalue weighted by Gasteiger charge is 2.27. The number of benzene rings is 2. The zero-order valence-corrected chi connectivity index (χ0v) is 10.7. The molecule has 1 N–H and O–H groups in total. The normalized spacial score (nSPS) is 16.5. The average Bonchev–Trinajstić information content (AvgIpc) is 3.11. The van der Waals surface area contributed by atoms with E-state index in [4.69, 9.17) is 0 Å². The third-order valence-corrected chi connectivity index (χ3v) is 3.77. The van der Waals surface area contributed by atoms with Crippen LogP contribution in [-0.2, 0) is 0 Å². The molecule has 0 fully saturated rings. The highest BCUT2D eigenvalue weighted by Crippen LogP contribution is 2.34. The number of carbonyl (C=O) groups excluding carboxylic acids is 1. The van der Waals surface area contributed by atoms with Gasteiger partial charge in [-0.2, -0.15) is 0 Å². The van der Waals surface area contributed by atoms with E-state index in [0.29, 0.717) is 0 Å². The van der Waals surface area contributed by atoms with Crippen molar-refractivity contribution in [3.05, 3.63) is 65.9 Å². The van der Waals surface area contributed by atoms with Gasteiger partial charge < -0.3 is 4.98 Å². The van der Waals surface area contributed by atoms with Crippen molar-refractivity contribution in [3.8, 4) is 0 Å². The summed E-state index contributed by atoms with van der Waals surface area (Å²) in [5.41, 5.74) is 3.60. The maximum atomic E-state index is 12.8. The van der Waals surface area contributed by atoms with Crippen LogP contribution in [0.15, 0.2) is 59.7 Å². The number of aliphatic imine (C=N–C) groups is 1. The number of hydrogen-bond donors (Lipinski definition) is 1. The third-order valence-electron chi connectivity index (χ3n) is 3.77. The summed E-state index contributed by atoms with van der Waals surface area (Å²) in [7, 11) is 0. The van der Waals surface area contributed by atoms with Crippen LogP contribution in [0.4, 0.5) is 5.69 Å². The van der Waals surface area contributed by atoms with E-state index >= 15 is 0 Å². The van der Waals surface area contributed by atoms with Gasteiger partial charge in [-0.1, -0.05) is 36.4 Å². The lowest BCUT2D eigenvalue weighted by molar-refractivity contribution is 0.0986. The van der Waals surface area contributed by atoms with Crippen LogP contribution in [0.25, 0.3) is 10.9 Å². The smallest absolute Gasteiger partial charge is 0.177 e. The lowest BCUT2D eigenvalue weighted by Gasteiger charge is -2.07. The van der Waals surface area contributed by atoms with Gasteiger partial charge in [0.25, 0.3) is 0 Å². The Bertz CT molecular complexity index is 845. The molecule has 0 saturated carbocycles. The Hall–Kier alpha value is -2.68. The van der Waals surface area contributed by atoms with E-state index in [-0.39, 0.29) is 11.7 Å². The zero-order valence-electron chi connectivity index (χ0n) is 10.7. The van der Waals surface area contributed by atoms with Gasteiger partial charge in [-0.05, 0) is 17.7 Å². The van der Waals surface area contributed by atoms with Crippen molar-refractivity contribution in [1.29, 1.82) is 0 Å². The number of hydrogen-bond acceptors (Lipinski definition) is 2. The number of Topliss-reactive ketones (excluding diaryl/α,β-unsaturated/α-hetero) is 1. The second-order valence-electron chi connectivity index (χ2n) is 4.93. The number of H-pyrrole nitrogens is 1. The summed E-state index contributed by atoms with van der Waals surface area (Å²) in [4.78, 5) is 20.3. The predicted octanol–water partition coefficient (Wildman–Crippen LogP) is 3.85. The minimum Gasteiger partial charge on any atom is -0.360 e. The molecule has 0 saturated heterocycles. The molecule has 0 bridgehead atoms. The highest BCUT2D eigenvalue weighted by molar-refractivity contribution is 6.18. The van der Waals surface area contributed by atoms with E-state index in [0.717, 1.165) is 27.7 Å². The summed E-state index contributed by atoms with van der Waals surface area (Å²) in [6.07, 6.45) is 3.54. The summed E-state index contributed by atoms with van der Waals surface area (Å²) in [5.74, 6) is -0.179. The maximum Gasteiger partial charge on any atom is 0.177 e. The molecule has 0 aliphatic carbocycles. The second-order valence-corrected chi connectivity index (χ2v) is 4.93. The minimum atomic E-state index is -0.273. The van der Waals surface area contributed by atoms with Crippen LogP contribution in [0.3, 0.4) is 0 Å². The molecule has 20 heavy (non-hydrogen) atoms. The average molecular weight is 260 g/mol. The first kappa shape index (κ1) is 11.2. The van der Waals surface area contributed by atoms with Crippen molar-refractivity contribution in [2.24, 2.45) is 4.99 Å². The van der Waals surface area contributed by atoms with E-state index < -0.39 is 0 Å². The lowest BCUT2D eigenvalue weighted by atomic mass is 9.92. The number of fused-ring (bicyclic) bond motifs is 2. The van der Waals surface area contributed by atoms with Crippen LogP contribution < -0.4 is 0 Å². The fourth-order valence-electron chi connectivity index (χ4n) is 2.76.